The van der Waals surface area contributed by atoms with Gasteiger partial charge in [-0.05, 0) is 49.6 Å². The van der Waals surface area contributed by atoms with Crippen LogP contribution in [0, 0.1) is 6.92 Å². The summed E-state index contributed by atoms with van der Waals surface area (Å²) in [6.45, 7) is 6.30. The van der Waals surface area contributed by atoms with Crippen LogP contribution in [0.15, 0.2) is 60.0 Å². The number of fused-ring (bicyclic) bond motifs is 1. The van der Waals surface area contributed by atoms with E-state index in [0.29, 0.717) is 12.1 Å². The van der Waals surface area contributed by atoms with Gasteiger partial charge in [0.15, 0.2) is 0 Å². The molecular formula is C20H22N2O3S. The second-order valence-corrected chi connectivity index (χ2v) is 8.13. The molecule has 1 heterocycles. The van der Waals surface area contributed by atoms with Crippen molar-refractivity contribution in [3.63, 3.8) is 0 Å². The monoisotopic (exact) mass is 370 g/mol. The van der Waals surface area contributed by atoms with Crippen molar-refractivity contribution in [2.24, 2.45) is 0 Å². The van der Waals surface area contributed by atoms with Gasteiger partial charge in [-0.25, -0.2) is 13.1 Å². The lowest BCUT2D eigenvalue weighted by atomic mass is 9.99. The lowest BCUT2D eigenvalue weighted by molar-refractivity contribution is 0.0985. The summed E-state index contributed by atoms with van der Waals surface area (Å²) in [6.07, 6.45) is 3.31. The standard InChI is InChI=1S/C20H22N2O3S/c1-3-11-21-26(24,25)18-8-4-6-17(14-18)20(23)22-12-5-7-16-13-15(2)9-10-19(16)22/h3-4,6,8-10,13-14,21H,1,5,7,11-12H2,2H3. The van der Waals surface area contributed by atoms with E-state index in [2.05, 4.69) is 17.4 Å². The van der Waals surface area contributed by atoms with E-state index in [1.165, 1.54) is 23.8 Å². The smallest absolute Gasteiger partial charge is 0.258 e. The van der Waals surface area contributed by atoms with Crippen molar-refractivity contribution in [1.82, 2.24) is 4.72 Å². The van der Waals surface area contributed by atoms with Crippen LogP contribution in [0.2, 0.25) is 0 Å². The summed E-state index contributed by atoms with van der Waals surface area (Å²) in [5, 5.41) is 0. The molecule has 1 N–H and O–H groups in total. The number of carbonyl (C=O) groups is 1. The van der Waals surface area contributed by atoms with E-state index in [-0.39, 0.29) is 17.3 Å². The number of anilines is 1. The highest BCUT2D eigenvalue weighted by molar-refractivity contribution is 7.89. The number of nitrogens with zero attached hydrogens (tertiary/aromatic N) is 1. The van der Waals surface area contributed by atoms with Crippen molar-refractivity contribution in [3.8, 4) is 0 Å². The first kappa shape index (κ1) is 18.4. The van der Waals surface area contributed by atoms with E-state index in [0.717, 1.165) is 24.1 Å². The highest BCUT2D eigenvalue weighted by atomic mass is 32.2. The third-order valence-electron chi connectivity index (χ3n) is 4.41. The maximum atomic E-state index is 13.0. The Kier molecular flexibility index (Phi) is 5.25. The van der Waals surface area contributed by atoms with Gasteiger partial charge in [0, 0.05) is 24.3 Å². The Morgan fingerprint density at radius 3 is 2.85 bits per heavy atom. The average molecular weight is 370 g/mol. The van der Waals surface area contributed by atoms with E-state index in [1.807, 2.05) is 19.1 Å². The van der Waals surface area contributed by atoms with Crippen LogP contribution in [0.3, 0.4) is 0 Å². The predicted octanol–water partition coefficient (Wildman–Crippen LogP) is 3.05. The van der Waals surface area contributed by atoms with Crippen LogP contribution in [0.25, 0.3) is 0 Å². The van der Waals surface area contributed by atoms with Gasteiger partial charge in [-0.15, -0.1) is 6.58 Å². The van der Waals surface area contributed by atoms with Crippen LogP contribution in [0.5, 0.6) is 0 Å². The summed E-state index contributed by atoms with van der Waals surface area (Å²) in [4.78, 5) is 14.8. The maximum absolute atomic E-state index is 13.0. The molecule has 1 aliphatic rings. The number of sulfonamides is 1. The van der Waals surface area contributed by atoms with Gasteiger partial charge in [-0.2, -0.15) is 0 Å². The molecule has 0 atom stereocenters. The molecule has 0 spiro atoms. The first-order chi connectivity index (χ1) is 12.4. The normalized spacial score (nSPS) is 14.0. The first-order valence-corrected chi connectivity index (χ1v) is 10.0. The fourth-order valence-electron chi connectivity index (χ4n) is 3.14. The van der Waals surface area contributed by atoms with Crippen molar-refractivity contribution in [2.75, 3.05) is 18.0 Å². The van der Waals surface area contributed by atoms with Crippen molar-refractivity contribution in [1.29, 1.82) is 0 Å². The molecule has 1 aliphatic heterocycles. The van der Waals surface area contributed by atoms with E-state index < -0.39 is 10.0 Å². The van der Waals surface area contributed by atoms with Gasteiger partial charge in [0.05, 0.1) is 4.90 Å². The molecule has 2 aromatic rings. The van der Waals surface area contributed by atoms with Crippen LogP contribution in [-0.4, -0.2) is 27.4 Å². The minimum Gasteiger partial charge on any atom is -0.308 e. The van der Waals surface area contributed by atoms with Gasteiger partial charge < -0.3 is 4.90 Å². The highest BCUT2D eigenvalue weighted by Gasteiger charge is 2.24. The summed E-state index contributed by atoms with van der Waals surface area (Å²) in [5.74, 6) is -0.185. The third-order valence-corrected chi connectivity index (χ3v) is 5.83. The maximum Gasteiger partial charge on any atom is 0.258 e. The lowest BCUT2D eigenvalue weighted by Gasteiger charge is -2.30. The SMILES string of the molecule is C=CCNS(=O)(=O)c1cccc(C(=O)N2CCCc3cc(C)ccc32)c1. The molecule has 0 saturated heterocycles. The zero-order chi connectivity index (χ0) is 18.7. The molecule has 0 radical (unpaired) electrons. The van der Waals surface area contributed by atoms with Crippen molar-refractivity contribution >= 4 is 21.6 Å². The quantitative estimate of drug-likeness (QED) is 0.823. The molecule has 136 valence electrons. The first-order valence-electron chi connectivity index (χ1n) is 8.54. The summed E-state index contributed by atoms with van der Waals surface area (Å²) in [6, 6.07) is 12.2. The fraction of sp³-hybridized carbons (Fsp3) is 0.250. The Hall–Kier alpha value is -2.44. The van der Waals surface area contributed by atoms with Crippen LogP contribution < -0.4 is 9.62 Å². The van der Waals surface area contributed by atoms with E-state index in [4.69, 9.17) is 0 Å². The Bertz CT molecular complexity index is 951. The number of carbonyl (C=O) groups excluding carboxylic acids is 1. The van der Waals surface area contributed by atoms with Gasteiger partial charge in [-0.1, -0.05) is 29.8 Å². The topological polar surface area (TPSA) is 66.5 Å². The number of aryl methyl sites for hydroxylation is 2. The summed E-state index contributed by atoms with van der Waals surface area (Å²) in [7, 11) is -3.67. The van der Waals surface area contributed by atoms with Crippen molar-refractivity contribution < 1.29 is 13.2 Å². The largest absolute Gasteiger partial charge is 0.308 e. The summed E-state index contributed by atoms with van der Waals surface area (Å²) < 4.78 is 27.0. The molecule has 0 unspecified atom stereocenters. The Morgan fingerprint density at radius 2 is 2.08 bits per heavy atom. The van der Waals surface area contributed by atoms with Crippen LogP contribution in [-0.2, 0) is 16.4 Å². The summed E-state index contributed by atoms with van der Waals surface area (Å²) in [5.41, 5.74) is 3.59. The second kappa shape index (κ2) is 7.43. The molecule has 1 amide bonds. The Morgan fingerprint density at radius 1 is 1.27 bits per heavy atom. The van der Waals surface area contributed by atoms with E-state index >= 15 is 0 Å². The second-order valence-electron chi connectivity index (χ2n) is 6.36. The molecule has 0 bridgehead atoms. The summed E-state index contributed by atoms with van der Waals surface area (Å²) >= 11 is 0. The molecule has 3 rings (SSSR count). The minimum atomic E-state index is -3.67. The van der Waals surface area contributed by atoms with Gasteiger partial charge in [-0.3, -0.25) is 4.79 Å². The molecule has 6 heteroatoms. The van der Waals surface area contributed by atoms with Crippen molar-refractivity contribution in [2.45, 2.75) is 24.7 Å². The van der Waals surface area contributed by atoms with Gasteiger partial charge in [0.1, 0.15) is 0 Å². The van der Waals surface area contributed by atoms with Crippen molar-refractivity contribution in [3.05, 3.63) is 71.8 Å². The van der Waals surface area contributed by atoms with E-state index in [9.17, 15) is 13.2 Å². The minimum absolute atomic E-state index is 0.0753. The van der Waals surface area contributed by atoms with Crippen LogP contribution in [0.1, 0.15) is 27.9 Å². The van der Waals surface area contributed by atoms with Gasteiger partial charge >= 0.3 is 0 Å². The molecular weight excluding hydrogens is 348 g/mol. The number of hydrogen-bond donors (Lipinski definition) is 1. The van der Waals surface area contributed by atoms with Crippen LogP contribution in [0.4, 0.5) is 5.69 Å². The van der Waals surface area contributed by atoms with Crippen LogP contribution >= 0.6 is 0 Å². The van der Waals surface area contributed by atoms with Gasteiger partial charge in [0.2, 0.25) is 10.0 Å². The molecule has 2 aromatic carbocycles. The molecule has 0 saturated carbocycles. The molecule has 0 aliphatic carbocycles. The number of nitrogens with one attached hydrogen (secondary N) is 1. The third kappa shape index (κ3) is 3.71. The highest BCUT2D eigenvalue weighted by Crippen LogP contribution is 2.29. The zero-order valence-electron chi connectivity index (χ0n) is 14.7. The number of rotatable bonds is 5. The molecule has 5 nitrogen and oxygen atoms in total. The average Bonchev–Trinajstić information content (AvgIpc) is 2.65. The number of amides is 1. The Balaban J connectivity index is 1.93. The van der Waals surface area contributed by atoms with E-state index in [1.54, 1.807) is 17.0 Å². The van der Waals surface area contributed by atoms with Gasteiger partial charge in [0.25, 0.3) is 5.91 Å². The Labute approximate surface area is 154 Å². The zero-order valence-corrected chi connectivity index (χ0v) is 15.6. The predicted molar refractivity (Wildman–Crippen MR) is 103 cm³/mol. The molecule has 26 heavy (non-hydrogen) atoms. The number of hydrogen-bond acceptors (Lipinski definition) is 3. The number of benzene rings is 2. The fourth-order valence-corrected chi connectivity index (χ4v) is 4.18. The lowest BCUT2D eigenvalue weighted by Crippen LogP contribution is -2.35. The molecule has 0 fully saturated rings. The molecule has 0 aromatic heterocycles.